The Hall–Kier alpha value is -2.46. The Morgan fingerprint density at radius 1 is 0.769 bits per heavy atom. The van der Waals surface area contributed by atoms with Gasteiger partial charge in [0.2, 0.25) is 0 Å². The van der Waals surface area contributed by atoms with E-state index >= 15 is 0 Å². The van der Waals surface area contributed by atoms with Gasteiger partial charge in [0.15, 0.2) is 0 Å². The van der Waals surface area contributed by atoms with Crippen LogP contribution >= 0.6 is 0 Å². The summed E-state index contributed by atoms with van der Waals surface area (Å²) in [5.41, 5.74) is 6.44. The number of hydrogen-bond donors (Lipinski definition) is 1. The molecule has 0 saturated heterocycles. The van der Waals surface area contributed by atoms with E-state index in [4.69, 9.17) is 0 Å². The van der Waals surface area contributed by atoms with Gasteiger partial charge in [-0.15, -0.1) is 0 Å². The van der Waals surface area contributed by atoms with Crippen molar-refractivity contribution >= 4 is 34.7 Å². The molecule has 0 fully saturated rings. The summed E-state index contributed by atoms with van der Waals surface area (Å²) in [5, 5.41) is 3.03. The lowest BCUT2D eigenvalue weighted by molar-refractivity contribution is 0.0520. The van der Waals surface area contributed by atoms with Gasteiger partial charge in [-0.05, 0) is 35.1 Å². The Labute approximate surface area is 153 Å². The number of carbonyl (C=O) groups excluding carboxylic acids is 2. The largest absolute Gasteiger partial charge is 0.275 e. The van der Waals surface area contributed by atoms with E-state index in [2.05, 4.69) is 12.3 Å². The number of imide groups is 1. The monoisotopic (exact) mass is 348 g/mol. The Kier molecular flexibility index (Phi) is 4.60. The first-order valence-corrected chi connectivity index (χ1v) is 9.62. The van der Waals surface area contributed by atoms with Crippen molar-refractivity contribution in [2.45, 2.75) is 45.4 Å². The molecule has 4 rings (SSSR count). The van der Waals surface area contributed by atoms with Crippen molar-refractivity contribution in [2.75, 3.05) is 6.54 Å². The number of unbranched alkanes of at least 4 members (excludes halogenated alkanes) is 5. The van der Waals surface area contributed by atoms with Gasteiger partial charge in [-0.3, -0.25) is 9.59 Å². The first-order chi connectivity index (χ1) is 12.7. The highest BCUT2D eigenvalue weighted by atomic mass is 16.2. The van der Waals surface area contributed by atoms with E-state index in [-0.39, 0.29) is 11.8 Å². The van der Waals surface area contributed by atoms with E-state index in [1.165, 1.54) is 30.7 Å². The number of hydrazine groups is 1. The highest BCUT2D eigenvalue weighted by Gasteiger charge is 2.34. The van der Waals surface area contributed by atoms with Crippen LogP contribution in [0.3, 0.4) is 0 Å². The van der Waals surface area contributed by atoms with Gasteiger partial charge in [-0.2, -0.15) is 0 Å². The number of amides is 2. The van der Waals surface area contributed by atoms with Crippen LogP contribution in [0.4, 0.5) is 0 Å². The van der Waals surface area contributed by atoms with Crippen molar-refractivity contribution in [3.8, 4) is 0 Å². The maximum atomic E-state index is 12.9. The summed E-state index contributed by atoms with van der Waals surface area (Å²) in [5.74, 6) is -0.492. The number of hydrogen-bond acceptors (Lipinski definition) is 3. The van der Waals surface area contributed by atoms with Crippen LogP contribution in [-0.2, 0) is 0 Å². The number of nitrogens with zero attached hydrogens (tertiary/aromatic N) is 1. The molecule has 2 aliphatic rings. The fourth-order valence-corrected chi connectivity index (χ4v) is 3.94. The highest BCUT2D eigenvalue weighted by molar-refractivity contribution is 6.27. The van der Waals surface area contributed by atoms with Gasteiger partial charge in [0.25, 0.3) is 11.8 Å². The molecule has 1 aliphatic carbocycles. The maximum absolute atomic E-state index is 12.9. The molecule has 2 aromatic carbocycles. The first-order valence-electron chi connectivity index (χ1n) is 9.62. The molecular weight excluding hydrogens is 324 g/mol. The number of nitrogens with one attached hydrogen (secondary N) is 1. The normalized spacial score (nSPS) is 14.7. The second-order valence-corrected chi connectivity index (χ2v) is 7.11. The molecule has 1 N–H and O–H groups in total. The van der Waals surface area contributed by atoms with Crippen LogP contribution in [0.2, 0.25) is 0 Å². The van der Waals surface area contributed by atoms with Crippen LogP contribution in [0.1, 0.15) is 77.3 Å². The molecule has 4 nitrogen and oxygen atoms in total. The van der Waals surface area contributed by atoms with Crippen molar-refractivity contribution in [1.82, 2.24) is 10.4 Å². The summed E-state index contributed by atoms with van der Waals surface area (Å²) >= 11 is 0. The van der Waals surface area contributed by atoms with Crippen LogP contribution < -0.4 is 5.43 Å². The third kappa shape index (κ3) is 2.74. The predicted octanol–water partition coefficient (Wildman–Crippen LogP) is 4.78. The molecule has 1 aliphatic heterocycles. The molecule has 1 heterocycles. The third-order valence-corrected chi connectivity index (χ3v) is 5.33. The summed E-state index contributed by atoms with van der Waals surface area (Å²) in [7, 11) is 0. The minimum Gasteiger partial charge on any atom is -0.267 e. The Balaban J connectivity index is 1.51. The molecule has 0 aromatic heterocycles. The topological polar surface area (TPSA) is 49.4 Å². The lowest BCUT2D eigenvalue weighted by atomic mass is 9.91. The first kappa shape index (κ1) is 17.0. The summed E-state index contributed by atoms with van der Waals surface area (Å²) in [6.45, 7) is 2.84. The van der Waals surface area contributed by atoms with Crippen molar-refractivity contribution in [2.24, 2.45) is 0 Å². The average molecular weight is 348 g/mol. The van der Waals surface area contributed by atoms with Gasteiger partial charge in [-0.1, -0.05) is 63.3 Å². The Morgan fingerprint density at radius 3 is 1.96 bits per heavy atom. The van der Waals surface area contributed by atoms with Gasteiger partial charge >= 0.3 is 0 Å². The molecule has 26 heavy (non-hydrogen) atoms. The molecular formula is C22H24N2O2. The smallest absolute Gasteiger partial charge is 0.267 e. The molecule has 2 aromatic rings. The standard InChI is InChI=1S/C22H24N2O2/c1-2-3-4-5-6-7-14-23-24-21(25)17-12-10-15-8-9-16-11-13-18(22(24)26)20(17)19(15)16/h8-13,23H,2-7,14H2,1H3. The van der Waals surface area contributed by atoms with Gasteiger partial charge in [0, 0.05) is 11.9 Å². The second-order valence-electron chi connectivity index (χ2n) is 7.11. The third-order valence-electron chi connectivity index (χ3n) is 5.33. The quantitative estimate of drug-likeness (QED) is 0.470. The van der Waals surface area contributed by atoms with Gasteiger partial charge in [0.05, 0.1) is 11.1 Å². The van der Waals surface area contributed by atoms with Crippen molar-refractivity contribution < 1.29 is 9.59 Å². The fraction of sp³-hybridized carbons (Fsp3) is 0.364. The second kappa shape index (κ2) is 7.04. The molecule has 0 saturated carbocycles. The Bertz CT molecular complexity index is 853. The van der Waals surface area contributed by atoms with Crippen molar-refractivity contribution in [1.29, 1.82) is 0 Å². The van der Waals surface area contributed by atoms with E-state index in [1.54, 1.807) is 0 Å². The molecule has 4 heteroatoms. The van der Waals surface area contributed by atoms with Crippen molar-refractivity contribution in [3.63, 3.8) is 0 Å². The SMILES string of the molecule is CCCCCCCCNN1C(=O)c2ccc3c4c(ccc(c24)C1=O)C=C3. The van der Waals surface area contributed by atoms with Crippen LogP contribution in [0, 0.1) is 0 Å². The lowest BCUT2D eigenvalue weighted by Gasteiger charge is -2.28. The summed E-state index contributed by atoms with van der Waals surface area (Å²) in [4.78, 5) is 25.8. The summed E-state index contributed by atoms with van der Waals surface area (Å²) in [6.07, 6.45) is 11.1. The van der Waals surface area contributed by atoms with E-state index in [0.717, 1.165) is 34.7 Å². The number of rotatable bonds is 8. The van der Waals surface area contributed by atoms with Crippen LogP contribution in [0.15, 0.2) is 24.3 Å². The maximum Gasteiger partial charge on any atom is 0.275 e. The zero-order valence-corrected chi connectivity index (χ0v) is 15.2. The molecule has 0 spiro atoms. The molecule has 0 radical (unpaired) electrons. The van der Waals surface area contributed by atoms with Gasteiger partial charge in [0.1, 0.15) is 0 Å². The van der Waals surface area contributed by atoms with E-state index < -0.39 is 0 Å². The van der Waals surface area contributed by atoms with E-state index in [1.807, 2.05) is 36.4 Å². The summed E-state index contributed by atoms with van der Waals surface area (Å²) in [6, 6.07) is 7.62. The number of benzene rings is 2. The number of carbonyl (C=O) groups is 2. The van der Waals surface area contributed by atoms with Crippen LogP contribution in [-0.4, -0.2) is 23.4 Å². The molecule has 0 unspecified atom stereocenters. The van der Waals surface area contributed by atoms with Gasteiger partial charge < -0.3 is 0 Å². The summed E-state index contributed by atoms with van der Waals surface area (Å²) < 4.78 is 0. The van der Waals surface area contributed by atoms with Gasteiger partial charge in [-0.25, -0.2) is 10.4 Å². The lowest BCUT2D eigenvalue weighted by Crippen LogP contribution is -2.49. The Morgan fingerprint density at radius 2 is 1.35 bits per heavy atom. The zero-order chi connectivity index (χ0) is 18.1. The average Bonchev–Trinajstić information content (AvgIpc) is 3.08. The van der Waals surface area contributed by atoms with Crippen molar-refractivity contribution in [3.05, 3.63) is 46.5 Å². The van der Waals surface area contributed by atoms with Crippen LogP contribution in [0.5, 0.6) is 0 Å². The molecule has 0 atom stereocenters. The molecule has 134 valence electrons. The minimum atomic E-state index is -0.246. The fourth-order valence-electron chi connectivity index (χ4n) is 3.94. The zero-order valence-electron chi connectivity index (χ0n) is 15.2. The van der Waals surface area contributed by atoms with E-state index in [9.17, 15) is 9.59 Å². The highest BCUT2D eigenvalue weighted by Crippen LogP contribution is 2.38. The van der Waals surface area contributed by atoms with E-state index in [0.29, 0.717) is 17.7 Å². The molecule has 0 bridgehead atoms. The van der Waals surface area contributed by atoms with Crippen LogP contribution in [0.25, 0.3) is 22.9 Å². The molecule has 2 amide bonds. The predicted molar refractivity (Wildman–Crippen MR) is 105 cm³/mol. The minimum absolute atomic E-state index is 0.246.